The second kappa shape index (κ2) is 7.16. The summed E-state index contributed by atoms with van der Waals surface area (Å²) in [4.78, 5) is 31.7. The third-order valence-electron chi connectivity index (χ3n) is 3.17. The molecule has 2 heterocycles. The van der Waals surface area contributed by atoms with E-state index in [4.69, 9.17) is 0 Å². The van der Waals surface area contributed by atoms with Crippen LogP contribution in [0, 0.1) is 18.3 Å². The summed E-state index contributed by atoms with van der Waals surface area (Å²) in [6.45, 7) is 4.67. The van der Waals surface area contributed by atoms with Gasteiger partial charge in [0.05, 0.1) is 17.0 Å². The summed E-state index contributed by atoms with van der Waals surface area (Å²) in [6.07, 6.45) is 3.24. The summed E-state index contributed by atoms with van der Waals surface area (Å²) in [5.41, 5.74) is 2.49. The summed E-state index contributed by atoms with van der Waals surface area (Å²) in [5.74, 6) is 0.0675. The van der Waals surface area contributed by atoms with Crippen LogP contribution < -0.4 is 0 Å². The number of carbonyl (C=O) groups excluding carboxylic acids is 2. The van der Waals surface area contributed by atoms with Crippen molar-refractivity contribution in [1.82, 2.24) is 9.97 Å². The number of aromatic nitrogens is 2. The van der Waals surface area contributed by atoms with Crippen molar-refractivity contribution in [2.75, 3.05) is 5.75 Å². The Kier molecular flexibility index (Phi) is 5.24. The molecule has 116 valence electrons. The molecule has 0 aromatic carbocycles. The van der Waals surface area contributed by atoms with E-state index in [0.29, 0.717) is 33.0 Å². The van der Waals surface area contributed by atoms with Gasteiger partial charge in [0.25, 0.3) is 0 Å². The lowest BCUT2D eigenvalue weighted by Crippen LogP contribution is -2.08. The summed E-state index contributed by atoms with van der Waals surface area (Å²) < 4.78 is 0. The first kappa shape index (κ1) is 16.8. The van der Waals surface area contributed by atoms with Crippen LogP contribution in [0.3, 0.4) is 0 Å². The lowest BCUT2D eigenvalue weighted by atomic mass is 9.94. The molecule has 23 heavy (non-hydrogen) atoms. The molecule has 0 saturated carbocycles. The smallest absolute Gasteiger partial charge is 0.162 e. The fourth-order valence-electron chi connectivity index (χ4n) is 2.29. The van der Waals surface area contributed by atoms with Gasteiger partial charge >= 0.3 is 0 Å². The minimum absolute atomic E-state index is 0.00286. The Balaban J connectivity index is 2.76. The molecule has 0 aliphatic heterocycles. The molecule has 0 bridgehead atoms. The summed E-state index contributed by atoms with van der Waals surface area (Å²) in [5, 5.41) is 10.1. The number of nitrogens with zero attached hydrogens (tertiary/aromatic N) is 3. The van der Waals surface area contributed by atoms with E-state index in [0.717, 1.165) is 0 Å². The van der Waals surface area contributed by atoms with Gasteiger partial charge in [0.1, 0.15) is 16.9 Å². The highest BCUT2D eigenvalue weighted by molar-refractivity contribution is 8.00. The van der Waals surface area contributed by atoms with Crippen LogP contribution in [-0.4, -0.2) is 27.3 Å². The van der Waals surface area contributed by atoms with Crippen molar-refractivity contribution in [1.29, 1.82) is 5.26 Å². The van der Waals surface area contributed by atoms with E-state index in [1.807, 2.05) is 0 Å². The van der Waals surface area contributed by atoms with Gasteiger partial charge in [-0.25, -0.2) is 4.98 Å². The molecule has 0 unspecified atom stereocenters. The molecule has 0 saturated heterocycles. The molecule has 0 atom stereocenters. The van der Waals surface area contributed by atoms with E-state index in [2.05, 4.69) is 16.0 Å². The Bertz CT molecular complexity index is 811. The van der Waals surface area contributed by atoms with Crippen molar-refractivity contribution in [3.8, 4) is 17.2 Å². The first-order valence-electron chi connectivity index (χ1n) is 6.94. The Labute approximate surface area is 138 Å². The van der Waals surface area contributed by atoms with Crippen LogP contribution in [0.5, 0.6) is 0 Å². The zero-order valence-corrected chi connectivity index (χ0v) is 13.9. The number of aryl methyl sites for hydroxylation is 1. The van der Waals surface area contributed by atoms with Crippen molar-refractivity contribution in [3.63, 3.8) is 0 Å². The maximum atomic E-state index is 12.1. The largest absolute Gasteiger partial charge is 0.299 e. The van der Waals surface area contributed by atoms with E-state index in [-0.39, 0.29) is 17.3 Å². The molecule has 0 N–H and O–H groups in total. The molecule has 0 spiro atoms. The molecule has 2 rings (SSSR count). The van der Waals surface area contributed by atoms with Gasteiger partial charge in [-0.3, -0.25) is 14.6 Å². The van der Waals surface area contributed by atoms with Gasteiger partial charge in [0.15, 0.2) is 5.78 Å². The lowest BCUT2D eigenvalue weighted by Gasteiger charge is -2.14. The SMILES string of the molecule is CC(=O)CSc1nc(C)c(C(C)=O)c(-c2cccnc2)c1C#N. The van der Waals surface area contributed by atoms with E-state index in [1.54, 1.807) is 31.5 Å². The number of carbonyl (C=O) groups is 2. The predicted molar refractivity (Wildman–Crippen MR) is 88.3 cm³/mol. The monoisotopic (exact) mass is 325 g/mol. The van der Waals surface area contributed by atoms with Gasteiger partial charge < -0.3 is 0 Å². The zero-order valence-electron chi connectivity index (χ0n) is 13.1. The van der Waals surface area contributed by atoms with Gasteiger partial charge in [-0.2, -0.15) is 5.26 Å². The van der Waals surface area contributed by atoms with Crippen molar-refractivity contribution in [2.45, 2.75) is 25.8 Å². The summed E-state index contributed by atoms with van der Waals surface area (Å²) in [7, 11) is 0. The van der Waals surface area contributed by atoms with Gasteiger partial charge in [0.2, 0.25) is 0 Å². The average Bonchev–Trinajstić information content (AvgIpc) is 2.52. The molecule has 0 aliphatic carbocycles. The Morgan fingerprint density at radius 3 is 2.61 bits per heavy atom. The number of hydrogen-bond acceptors (Lipinski definition) is 6. The van der Waals surface area contributed by atoms with Crippen LogP contribution in [0.25, 0.3) is 11.1 Å². The number of rotatable bonds is 5. The van der Waals surface area contributed by atoms with E-state index >= 15 is 0 Å². The highest BCUT2D eigenvalue weighted by atomic mass is 32.2. The van der Waals surface area contributed by atoms with Gasteiger partial charge in [0, 0.05) is 29.1 Å². The molecule has 0 aliphatic rings. The van der Waals surface area contributed by atoms with Crippen LogP contribution in [-0.2, 0) is 4.79 Å². The molecule has 5 nitrogen and oxygen atoms in total. The van der Waals surface area contributed by atoms with E-state index in [9.17, 15) is 14.9 Å². The fourth-order valence-corrected chi connectivity index (χ4v) is 3.12. The van der Waals surface area contributed by atoms with E-state index in [1.165, 1.54) is 25.6 Å². The molecule has 0 fully saturated rings. The Morgan fingerprint density at radius 1 is 1.35 bits per heavy atom. The van der Waals surface area contributed by atoms with Crippen molar-refractivity contribution in [2.24, 2.45) is 0 Å². The zero-order chi connectivity index (χ0) is 17.0. The Hall–Kier alpha value is -2.52. The normalized spacial score (nSPS) is 10.2. The van der Waals surface area contributed by atoms with E-state index < -0.39 is 0 Å². The number of thioether (sulfide) groups is 1. The topological polar surface area (TPSA) is 83.7 Å². The highest BCUT2D eigenvalue weighted by Gasteiger charge is 2.22. The maximum Gasteiger partial charge on any atom is 0.162 e. The van der Waals surface area contributed by atoms with Crippen LogP contribution >= 0.6 is 11.8 Å². The number of hydrogen-bond donors (Lipinski definition) is 0. The minimum Gasteiger partial charge on any atom is -0.299 e. The molecular weight excluding hydrogens is 310 g/mol. The van der Waals surface area contributed by atoms with Crippen molar-refractivity contribution >= 4 is 23.3 Å². The number of ketones is 2. The molecule has 0 amide bonds. The van der Waals surface area contributed by atoms with Gasteiger partial charge in [-0.1, -0.05) is 17.8 Å². The maximum absolute atomic E-state index is 12.1. The molecule has 6 heteroatoms. The molecule has 2 aromatic heterocycles. The Morgan fingerprint density at radius 2 is 2.09 bits per heavy atom. The lowest BCUT2D eigenvalue weighted by molar-refractivity contribution is -0.114. The third kappa shape index (κ3) is 3.63. The highest BCUT2D eigenvalue weighted by Crippen LogP contribution is 2.34. The quantitative estimate of drug-likeness (QED) is 0.620. The second-order valence-electron chi connectivity index (χ2n) is 5.03. The number of pyridine rings is 2. The average molecular weight is 325 g/mol. The summed E-state index contributed by atoms with van der Waals surface area (Å²) in [6, 6.07) is 5.68. The van der Waals surface area contributed by atoms with Crippen LogP contribution in [0.15, 0.2) is 29.6 Å². The standard InChI is InChI=1S/C17H15N3O2S/c1-10(21)9-23-17-14(7-18)16(13-5-4-6-19-8-13)15(12(3)22)11(2)20-17/h4-6,8H,9H2,1-3H3. The van der Waals surface area contributed by atoms with Gasteiger partial charge in [-0.15, -0.1) is 0 Å². The first-order valence-corrected chi connectivity index (χ1v) is 7.92. The minimum atomic E-state index is -0.159. The fraction of sp³-hybridized carbons (Fsp3) is 0.235. The first-order chi connectivity index (χ1) is 11.0. The number of Topliss-reactive ketones (excluding diaryl/α,β-unsaturated/α-hetero) is 2. The van der Waals surface area contributed by atoms with Crippen LogP contribution in [0.1, 0.15) is 35.5 Å². The number of nitriles is 1. The molecule has 0 radical (unpaired) electrons. The van der Waals surface area contributed by atoms with Crippen LogP contribution in [0.4, 0.5) is 0 Å². The third-order valence-corrected chi connectivity index (χ3v) is 4.29. The predicted octanol–water partition coefficient (Wildman–Crippen LogP) is 3.21. The molecular formula is C17H15N3O2S. The second-order valence-corrected chi connectivity index (χ2v) is 5.99. The van der Waals surface area contributed by atoms with Crippen LogP contribution in [0.2, 0.25) is 0 Å². The van der Waals surface area contributed by atoms with Crippen molar-refractivity contribution < 1.29 is 9.59 Å². The van der Waals surface area contributed by atoms with Gasteiger partial charge in [-0.05, 0) is 26.8 Å². The van der Waals surface area contributed by atoms with Crippen molar-refractivity contribution in [3.05, 3.63) is 41.3 Å². The molecule has 2 aromatic rings. The summed E-state index contributed by atoms with van der Waals surface area (Å²) >= 11 is 1.21.